The van der Waals surface area contributed by atoms with E-state index in [0.29, 0.717) is 18.5 Å². The summed E-state index contributed by atoms with van der Waals surface area (Å²) in [6.45, 7) is 0.678. The Morgan fingerprint density at radius 2 is 1.96 bits per heavy atom. The largest absolute Gasteiger partial charge is 0.481 e. The molecule has 2 N–H and O–H groups in total. The van der Waals surface area contributed by atoms with Gasteiger partial charge in [-0.3, -0.25) is 14.4 Å². The second kappa shape index (κ2) is 9.33. The molecule has 134 valence electrons. The minimum Gasteiger partial charge on any atom is -0.481 e. The molecule has 0 saturated carbocycles. The summed E-state index contributed by atoms with van der Waals surface area (Å²) in [5.74, 6) is -3.35. The quantitative estimate of drug-likeness (QED) is 0.403. The molecule has 1 aliphatic rings. The number of carboxylic acid groups (broad SMARTS) is 1. The first-order valence-electron chi connectivity index (χ1n) is 7.88. The third kappa shape index (κ3) is 5.99. The SMILES string of the molecule is O=C(O)CSC(CC(=O)c1ccccc1)C(=O)OC(=O)[C@@H]1CCCN1. The van der Waals surface area contributed by atoms with Gasteiger partial charge in [-0.2, -0.15) is 0 Å². The van der Waals surface area contributed by atoms with Crippen molar-refractivity contribution in [3.63, 3.8) is 0 Å². The smallest absolute Gasteiger partial charge is 0.330 e. The predicted molar refractivity (Wildman–Crippen MR) is 91.4 cm³/mol. The van der Waals surface area contributed by atoms with Gasteiger partial charge in [-0.1, -0.05) is 30.3 Å². The van der Waals surface area contributed by atoms with E-state index in [1.807, 2.05) is 0 Å². The summed E-state index contributed by atoms with van der Waals surface area (Å²) in [4.78, 5) is 47.2. The fourth-order valence-electron chi connectivity index (χ4n) is 2.41. The summed E-state index contributed by atoms with van der Waals surface area (Å²) in [7, 11) is 0. The number of carbonyl (C=O) groups excluding carboxylic acids is 3. The lowest BCUT2D eigenvalue weighted by atomic mass is 10.1. The van der Waals surface area contributed by atoms with Crippen molar-refractivity contribution in [1.29, 1.82) is 0 Å². The molecule has 2 atom stereocenters. The molecule has 0 radical (unpaired) electrons. The number of ketones is 1. The Hall–Kier alpha value is -2.19. The lowest BCUT2D eigenvalue weighted by molar-refractivity contribution is -0.160. The topological polar surface area (TPSA) is 110 Å². The maximum atomic E-state index is 12.3. The van der Waals surface area contributed by atoms with Crippen LogP contribution in [0, 0.1) is 0 Å². The van der Waals surface area contributed by atoms with Crippen LogP contribution in [0.15, 0.2) is 30.3 Å². The van der Waals surface area contributed by atoms with Crippen LogP contribution in [0.1, 0.15) is 29.6 Å². The number of aliphatic carboxylic acids is 1. The molecule has 7 nitrogen and oxygen atoms in total. The number of benzene rings is 1. The van der Waals surface area contributed by atoms with E-state index >= 15 is 0 Å². The van der Waals surface area contributed by atoms with Crippen LogP contribution in [0.2, 0.25) is 0 Å². The van der Waals surface area contributed by atoms with Gasteiger partial charge in [0.25, 0.3) is 0 Å². The normalized spacial score (nSPS) is 17.7. The Bertz CT molecular complexity index is 642. The zero-order valence-corrected chi connectivity index (χ0v) is 14.3. The molecule has 0 bridgehead atoms. The molecule has 0 aliphatic carbocycles. The first-order valence-corrected chi connectivity index (χ1v) is 8.93. The molecule has 0 spiro atoms. The van der Waals surface area contributed by atoms with E-state index in [1.165, 1.54) is 0 Å². The van der Waals surface area contributed by atoms with E-state index in [2.05, 4.69) is 5.32 Å². The summed E-state index contributed by atoms with van der Waals surface area (Å²) in [5.41, 5.74) is 0.417. The van der Waals surface area contributed by atoms with Crippen LogP contribution in [-0.4, -0.2) is 52.4 Å². The van der Waals surface area contributed by atoms with Gasteiger partial charge in [0.15, 0.2) is 5.78 Å². The average Bonchev–Trinajstić information content (AvgIpc) is 3.13. The molecule has 1 aromatic rings. The molecule has 8 heteroatoms. The van der Waals surface area contributed by atoms with Crippen molar-refractivity contribution in [2.45, 2.75) is 30.6 Å². The molecular weight excluding hydrogens is 346 g/mol. The van der Waals surface area contributed by atoms with Crippen LogP contribution >= 0.6 is 11.8 Å². The Labute approximate surface area is 149 Å². The van der Waals surface area contributed by atoms with Crippen molar-refractivity contribution in [3.8, 4) is 0 Å². The maximum absolute atomic E-state index is 12.3. The zero-order valence-electron chi connectivity index (χ0n) is 13.5. The number of ether oxygens (including phenoxy) is 1. The standard InChI is InChI=1S/C17H19NO6S/c19-13(11-5-2-1-3-6-11)9-14(25-10-15(20)21)17(23)24-16(22)12-7-4-8-18-12/h1-3,5-6,12,14,18H,4,7-10H2,(H,20,21)/t12-,14?/m0/s1. The van der Waals surface area contributed by atoms with Gasteiger partial charge in [-0.05, 0) is 19.4 Å². The van der Waals surface area contributed by atoms with E-state index < -0.39 is 29.2 Å². The summed E-state index contributed by atoms with van der Waals surface area (Å²) in [5, 5.41) is 10.7. The van der Waals surface area contributed by atoms with Gasteiger partial charge in [0.2, 0.25) is 0 Å². The van der Waals surface area contributed by atoms with Crippen LogP contribution in [-0.2, 0) is 19.1 Å². The van der Waals surface area contributed by atoms with E-state index in [-0.39, 0.29) is 18.0 Å². The van der Waals surface area contributed by atoms with Gasteiger partial charge in [-0.25, -0.2) is 4.79 Å². The van der Waals surface area contributed by atoms with Crippen LogP contribution in [0.25, 0.3) is 0 Å². The minimum absolute atomic E-state index is 0.230. The third-order valence-electron chi connectivity index (χ3n) is 3.68. The minimum atomic E-state index is -1.11. The van der Waals surface area contributed by atoms with Gasteiger partial charge in [0.1, 0.15) is 11.3 Å². The highest BCUT2D eigenvalue weighted by molar-refractivity contribution is 8.01. The Morgan fingerprint density at radius 1 is 1.24 bits per heavy atom. The van der Waals surface area contributed by atoms with Crippen molar-refractivity contribution in [2.24, 2.45) is 0 Å². The van der Waals surface area contributed by atoms with E-state index in [1.54, 1.807) is 30.3 Å². The summed E-state index contributed by atoms with van der Waals surface area (Å²) < 4.78 is 4.86. The molecule has 1 fully saturated rings. The molecule has 1 aromatic carbocycles. The number of carboxylic acids is 1. The van der Waals surface area contributed by atoms with E-state index in [4.69, 9.17) is 9.84 Å². The van der Waals surface area contributed by atoms with Gasteiger partial charge in [-0.15, -0.1) is 11.8 Å². The highest BCUT2D eigenvalue weighted by Crippen LogP contribution is 2.20. The molecule has 1 saturated heterocycles. The highest BCUT2D eigenvalue weighted by Gasteiger charge is 2.31. The Morgan fingerprint density at radius 3 is 2.56 bits per heavy atom. The molecule has 25 heavy (non-hydrogen) atoms. The van der Waals surface area contributed by atoms with Gasteiger partial charge in [0, 0.05) is 12.0 Å². The van der Waals surface area contributed by atoms with Crippen molar-refractivity contribution in [1.82, 2.24) is 5.32 Å². The number of hydrogen-bond donors (Lipinski definition) is 2. The first-order chi connectivity index (χ1) is 12.0. The molecule has 1 unspecified atom stereocenters. The van der Waals surface area contributed by atoms with Gasteiger partial charge < -0.3 is 15.2 Å². The van der Waals surface area contributed by atoms with Crippen LogP contribution < -0.4 is 5.32 Å². The molecular formula is C17H19NO6S. The monoisotopic (exact) mass is 365 g/mol. The van der Waals surface area contributed by atoms with Crippen LogP contribution in [0.5, 0.6) is 0 Å². The highest BCUT2D eigenvalue weighted by atomic mass is 32.2. The average molecular weight is 365 g/mol. The predicted octanol–water partition coefficient (Wildman–Crippen LogP) is 1.27. The number of nitrogens with one attached hydrogen (secondary N) is 1. The molecule has 2 rings (SSSR count). The number of rotatable bonds is 8. The van der Waals surface area contributed by atoms with Crippen molar-refractivity contribution < 1.29 is 29.0 Å². The van der Waals surface area contributed by atoms with Crippen LogP contribution in [0.3, 0.4) is 0 Å². The van der Waals surface area contributed by atoms with Gasteiger partial charge in [0.05, 0.1) is 5.75 Å². The second-order valence-electron chi connectivity index (χ2n) is 5.58. The summed E-state index contributed by atoms with van der Waals surface area (Å²) >= 11 is 0.778. The Balaban J connectivity index is 2.00. The second-order valence-corrected chi connectivity index (χ2v) is 6.77. The molecule has 1 heterocycles. The molecule has 1 aliphatic heterocycles. The van der Waals surface area contributed by atoms with Gasteiger partial charge >= 0.3 is 17.9 Å². The number of esters is 2. The van der Waals surface area contributed by atoms with E-state index in [0.717, 1.165) is 18.2 Å². The zero-order chi connectivity index (χ0) is 18.2. The van der Waals surface area contributed by atoms with Crippen molar-refractivity contribution in [2.75, 3.05) is 12.3 Å². The van der Waals surface area contributed by atoms with Crippen LogP contribution in [0.4, 0.5) is 0 Å². The lowest BCUT2D eigenvalue weighted by Gasteiger charge is -2.15. The number of carbonyl (C=O) groups is 4. The summed E-state index contributed by atoms with van der Waals surface area (Å²) in [6.07, 6.45) is 1.17. The molecule has 0 amide bonds. The summed E-state index contributed by atoms with van der Waals surface area (Å²) in [6, 6.07) is 7.84. The Kier molecular flexibility index (Phi) is 7.15. The fraction of sp³-hybridized carbons (Fsp3) is 0.412. The number of thioether (sulfide) groups is 1. The fourth-order valence-corrected chi connectivity index (χ4v) is 3.21. The number of Topliss-reactive ketones (excluding diaryl/α,β-unsaturated/α-hetero) is 1. The van der Waals surface area contributed by atoms with Crippen molar-refractivity contribution in [3.05, 3.63) is 35.9 Å². The van der Waals surface area contributed by atoms with Crippen molar-refractivity contribution >= 4 is 35.5 Å². The lowest BCUT2D eigenvalue weighted by Crippen LogP contribution is -2.36. The maximum Gasteiger partial charge on any atom is 0.330 e. The molecule has 0 aromatic heterocycles. The number of hydrogen-bond acceptors (Lipinski definition) is 7. The van der Waals surface area contributed by atoms with E-state index in [9.17, 15) is 19.2 Å². The third-order valence-corrected chi connectivity index (χ3v) is 4.86. The first kappa shape index (κ1) is 19.1.